The van der Waals surface area contributed by atoms with Crippen molar-refractivity contribution in [2.45, 2.75) is 24.8 Å². The fourth-order valence-corrected chi connectivity index (χ4v) is 3.52. The van der Waals surface area contributed by atoms with Crippen LogP contribution in [0.5, 0.6) is 17.2 Å². The number of aromatic nitrogens is 2. The number of hydrogen-bond acceptors (Lipinski definition) is 7. The predicted molar refractivity (Wildman–Crippen MR) is 112 cm³/mol. The maximum Gasteiger partial charge on any atom is 0.251 e. The summed E-state index contributed by atoms with van der Waals surface area (Å²) in [7, 11) is -3.30. The van der Waals surface area contributed by atoms with Gasteiger partial charge < -0.3 is 19.6 Å². The molecule has 0 saturated carbocycles. The third-order valence-electron chi connectivity index (χ3n) is 4.22. The molecule has 9 heteroatoms. The van der Waals surface area contributed by atoms with Crippen LogP contribution < -0.4 is 15.0 Å². The number of H-pyrrole nitrogens is 1. The van der Waals surface area contributed by atoms with Gasteiger partial charge in [-0.15, -0.1) is 0 Å². The number of aliphatic hydroxyl groups is 1. The highest BCUT2D eigenvalue weighted by molar-refractivity contribution is 7.91. The molecule has 0 spiro atoms. The second kappa shape index (κ2) is 9.10. The summed E-state index contributed by atoms with van der Waals surface area (Å²) in [6.07, 6.45) is 0.945. The normalized spacial score (nSPS) is 12.4. The average molecular weight is 430 g/mol. The quantitative estimate of drug-likeness (QED) is 0.564. The van der Waals surface area contributed by atoms with E-state index in [9.17, 15) is 18.3 Å². The summed E-state index contributed by atoms with van der Waals surface area (Å²) < 4.78 is 35.5. The van der Waals surface area contributed by atoms with E-state index in [-0.39, 0.29) is 22.8 Å². The first-order chi connectivity index (χ1) is 14.3. The molecule has 30 heavy (non-hydrogen) atoms. The van der Waals surface area contributed by atoms with E-state index in [1.807, 2.05) is 0 Å². The van der Waals surface area contributed by atoms with Crippen molar-refractivity contribution in [3.63, 3.8) is 0 Å². The lowest BCUT2D eigenvalue weighted by molar-refractivity contribution is 0.129. The number of nitrogens with one attached hydrogen (secondary N) is 1. The molecule has 0 saturated heterocycles. The summed E-state index contributed by atoms with van der Waals surface area (Å²) in [4.78, 5) is 18.7. The minimum atomic E-state index is -3.30. The van der Waals surface area contributed by atoms with Crippen molar-refractivity contribution >= 4 is 9.84 Å². The summed E-state index contributed by atoms with van der Waals surface area (Å²) in [5.41, 5.74) is 0.251. The lowest BCUT2D eigenvalue weighted by Gasteiger charge is -2.15. The Morgan fingerprint density at radius 1 is 1.07 bits per heavy atom. The van der Waals surface area contributed by atoms with Gasteiger partial charge in [-0.25, -0.2) is 13.4 Å². The molecule has 2 aromatic carbocycles. The van der Waals surface area contributed by atoms with Crippen molar-refractivity contribution in [3.05, 3.63) is 65.1 Å². The molecule has 1 atom stereocenters. The molecule has 1 heterocycles. The second-order valence-corrected chi connectivity index (χ2v) is 8.84. The highest BCUT2D eigenvalue weighted by atomic mass is 32.2. The fraction of sp³-hybridized carbons (Fsp3) is 0.238. The predicted octanol–water partition coefficient (Wildman–Crippen LogP) is 2.78. The number of sulfone groups is 1. The second-order valence-electron chi connectivity index (χ2n) is 6.56. The zero-order valence-electron chi connectivity index (χ0n) is 16.5. The van der Waals surface area contributed by atoms with Crippen LogP contribution in [-0.2, 0) is 9.84 Å². The van der Waals surface area contributed by atoms with Crippen LogP contribution in [0.4, 0.5) is 0 Å². The third kappa shape index (κ3) is 5.25. The van der Waals surface area contributed by atoms with Crippen molar-refractivity contribution in [1.82, 2.24) is 9.97 Å². The molecule has 3 rings (SSSR count). The molecular formula is C21H22N2O6S. The summed E-state index contributed by atoms with van der Waals surface area (Å²) in [5.74, 6) is 1.59. The van der Waals surface area contributed by atoms with Crippen LogP contribution in [0, 0.1) is 0 Å². The third-order valence-corrected chi connectivity index (χ3v) is 5.97. The van der Waals surface area contributed by atoms with Crippen molar-refractivity contribution in [2.24, 2.45) is 0 Å². The fourth-order valence-electron chi connectivity index (χ4n) is 2.64. The zero-order chi connectivity index (χ0) is 21.7. The Hall–Kier alpha value is -3.17. The highest BCUT2D eigenvalue weighted by Gasteiger charge is 2.13. The van der Waals surface area contributed by atoms with Crippen molar-refractivity contribution in [1.29, 1.82) is 0 Å². The molecule has 0 amide bonds. The average Bonchev–Trinajstić information content (AvgIpc) is 2.74. The van der Waals surface area contributed by atoms with Gasteiger partial charge in [-0.1, -0.05) is 6.92 Å². The minimum absolute atomic E-state index is 0.0151. The van der Waals surface area contributed by atoms with E-state index in [1.165, 1.54) is 24.4 Å². The van der Waals surface area contributed by atoms with Crippen molar-refractivity contribution in [2.75, 3.05) is 12.4 Å². The van der Waals surface area contributed by atoms with Gasteiger partial charge in [0.1, 0.15) is 29.2 Å². The largest absolute Gasteiger partial charge is 0.488 e. The molecule has 0 aliphatic heterocycles. The highest BCUT2D eigenvalue weighted by Crippen LogP contribution is 2.32. The number of aliphatic hydroxyl groups excluding tert-OH is 1. The number of aromatic amines is 1. The number of benzene rings is 2. The summed E-state index contributed by atoms with van der Waals surface area (Å²) in [6, 6.07) is 12.4. The van der Waals surface area contributed by atoms with Gasteiger partial charge in [0.2, 0.25) is 0 Å². The SMILES string of the molecule is CCS(=O)(=O)c1ccc(Oc2cc(O[C@@H](C)CO)cc(-c3nccc(=O)[nH]3)c2)cc1. The topological polar surface area (TPSA) is 119 Å². The Labute approximate surface area is 174 Å². The van der Waals surface area contributed by atoms with Crippen LogP contribution in [-0.4, -0.2) is 42.0 Å². The van der Waals surface area contributed by atoms with Crippen LogP contribution in [0.2, 0.25) is 0 Å². The van der Waals surface area contributed by atoms with Gasteiger partial charge in [-0.2, -0.15) is 0 Å². The first kappa shape index (κ1) is 21.5. The van der Waals surface area contributed by atoms with E-state index in [0.29, 0.717) is 28.6 Å². The van der Waals surface area contributed by atoms with E-state index in [2.05, 4.69) is 9.97 Å². The first-order valence-electron chi connectivity index (χ1n) is 9.29. The number of ether oxygens (including phenoxy) is 2. The molecule has 2 N–H and O–H groups in total. The number of nitrogens with zero attached hydrogens (tertiary/aromatic N) is 1. The van der Waals surface area contributed by atoms with Gasteiger partial charge in [0.15, 0.2) is 9.84 Å². The molecule has 0 bridgehead atoms. The monoisotopic (exact) mass is 430 g/mol. The Morgan fingerprint density at radius 3 is 2.40 bits per heavy atom. The van der Waals surface area contributed by atoms with E-state index in [4.69, 9.17) is 9.47 Å². The van der Waals surface area contributed by atoms with E-state index >= 15 is 0 Å². The lowest BCUT2D eigenvalue weighted by Crippen LogP contribution is -2.16. The van der Waals surface area contributed by atoms with E-state index in [1.54, 1.807) is 44.2 Å². The van der Waals surface area contributed by atoms with Gasteiger partial charge in [-0.3, -0.25) is 4.79 Å². The van der Waals surface area contributed by atoms with Gasteiger partial charge >= 0.3 is 0 Å². The lowest BCUT2D eigenvalue weighted by atomic mass is 10.2. The Morgan fingerprint density at radius 2 is 1.77 bits per heavy atom. The Bertz CT molecular complexity index is 1170. The van der Waals surface area contributed by atoms with Gasteiger partial charge in [0.05, 0.1) is 17.3 Å². The summed E-state index contributed by atoms with van der Waals surface area (Å²) >= 11 is 0. The molecule has 8 nitrogen and oxygen atoms in total. The molecular weight excluding hydrogens is 408 g/mol. The summed E-state index contributed by atoms with van der Waals surface area (Å²) in [6.45, 7) is 3.12. The molecule has 0 unspecified atom stereocenters. The maximum atomic E-state index is 12.0. The molecule has 0 aliphatic carbocycles. The Kier molecular flexibility index (Phi) is 6.53. The van der Waals surface area contributed by atoms with Gasteiger partial charge in [-0.05, 0) is 43.3 Å². The van der Waals surface area contributed by atoms with Crippen LogP contribution in [0.1, 0.15) is 13.8 Å². The number of hydrogen-bond donors (Lipinski definition) is 2. The summed E-state index contributed by atoms with van der Waals surface area (Å²) in [5, 5.41) is 9.27. The zero-order valence-corrected chi connectivity index (χ0v) is 17.3. The molecule has 0 aliphatic rings. The minimum Gasteiger partial charge on any atom is -0.488 e. The van der Waals surface area contributed by atoms with Crippen molar-refractivity contribution < 1.29 is 23.0 Å². The standard InChI is InChI=1S/C21H22N2O6S/c1-3-30(26,27)19-6-4-16(5-7-19)29-18-11-15(21-22-9-8-20(25)23-21)10-17(12-18)28-14(2)13-24/h4-12,14,24H,3,13H2,1-2H3,(H,22,23,25)/t14-/m0/s1. The van der Waals surface area contributed by atoms with Crippen LogP contribution in [0.25, 0.3) is 11.4 Å². The number of rotatable bonds is 8. The smallest absolute Gasteiger partial charge is 0.251 e. The first-order valence-corrected chi connectivity index (χ1v) is 10.9. The molecule has 0 radical (unpaired) electrons. The van der Waals surface area contributed by atoms with E-state index in [0.717, 1.165) is 0 Å². The van der Waals surface area contributed by atoms with Crippen LogP contribution in [0.15, 0.2) is 64.4 Å². The molecule has 3 aromatic rings. The molecule has 0 fully saturated rings. The molecule has 158 valence electrons. The Balaban J connectivity index is 1.96. The van der Waals surface area contributed by atoms with Crippen molar-refractivity contribution in [3.8, 4) is 28.6 Å². The van der Waals surface area contributed by atoms with E-state index < -0.39 is 15.9 Å². The van der Waals surface area contributed by atoms with Crippen LogP contribution in [0.3, 0.4) is 0 Å². The maximum absolute atomic E-state index is 12.0. The van der Waals surface area contributed by atoms with Crippen LogP contribution >= 0.6 is 0 Å². The van der Waals surface area contributed by atoms with Gasteiger partial charge in [0, 0.05) is 23.9 Å². The van der Waals surface area contributed by atoms with Gasteiger partial charge in [0.25, 0.3) is 5.56 Å². The molecule has 1 aromatic heterocycles.